The maximum absolute atomic E-state index is 11.2. The Morgan fingerprint density at radius 2 is 1.72 bits per heavy atom. The van der Waals surface area contributed by atoms with Gasteiger partial charge in [0, 0.05) is 11.6 Å². The number of hydrogen-bond donors (Lipinski definition) is 2. The average molecular weight is 347 g/mol. The van der Waals surface area contributed by atoms with Gasteiger partial charge in [0.2, 0.25) is 0 Å². The molecule has 2 rings (SSSR count). The number of carbonyl (C=O) groups is 1. The van der Waals surface area contributed by atoms with E-state index in [4.69, 9.17) is 9.47 Å². The molecule has 0 aliphatic rings. The molecular weight excluding hydrogens is 326 g/mol. The van der Waals surface area contributed by atoms with E-state index in [9.17, 15) is 15.0 Å². The van der Waals surface area contributed by atoms with Crippen LogP contribution in [0.1, 0.15) is 17.0 Å². The third-order valence-electron chi connectivity index (χ3n) is 3.62. The van der Waals surface area contributed by atoms with Crippen molar-refractivity contribution in [2.24, 2.45) is 0 Å². The Labute approximate surface area is 145 Å². The molecule has 0 saturated carbocycles. The van der Waals surface area contributed by atoms with Crippen LogP contribution in [-0.4, -0.2) is 42.0 Å². The molecule has 0 aliphatic carbocycles. The number of aliphatic hydroxyl groups is 2. The zero-order valence-electron chi connectivity index (χ0n) is 14.4. The number of benzene rings is 1. The van der Waals surface area contributed by atoms with Crippen LogP contribution in [0.3, 0.4) is 0 Å². The zero-order valence-corrected chi connectivity index (χ0v) is 14.4. The molecule has 0 aliphatic heterocycles. The molecule has 0 saturated heterocycles. The van der Waals surface area contributed by atoms with Crippen molar-refractivity contribution >= 4 is 5.97 Å². The Hall–Kier alpha value is -2.64. The highest BCUT2D eigenvalue weighted by atomic mass is 16.6. The van der Waals surface area contributed by atoms with Gasteiger partial charge in [-0.15, -0.1) is 0 Å². The minimum Gasteiger partial charge on any atom is -0.496 e. The lowest BCUT2D eigenvalue weighted by molar-refractivity contribution is -0.142. The van der Waals surface area contributed by atoms with E-state index in [-0.39, 0.29) is 19.8 Å². The predicted octanol–water partition coefficient (Wildman–Crippen LogP) is 1.60. The van der Waals surface area contributed by atoms with Crippen LogP contribution in [0.4, 0.5) is 0 Å². The summed E-state index contributed by atoms with van der Waals surface area (Å²) in [5, 5.41) is 18.8. The quantitative estimate of drug-likeness (QED) is 0.734. The second-order valence-corrected chi connectivity index (χ2v) is 5.34. The number of pyridine rings is 1. The fourth-order valence-electron chi connectivity index (χ4n) is 2.49. The first-order chi connectivity index (χ1) is 12.0. The summed E-state index contributed by atoms with van der Waals surface area (Å²) in [5.74, 6) is 0.538. The zero-order chi connectivity index (χ0) is 18.4. The van der Waals surface area contributed by atoms with E-state index in [0.29, 0.717) is 22.9 Å². The van der Waals surface area contributed by atoms with Crippen LogP contribution in [0.2, 0.25) is 0 Å². The fraction of sp³-hybridized carbons (Fsp3) is 0.333. The molecule has 1 aromatic heterocycles. The number of aromatic nitrogens is 1. The summed E-state index contributed by atoms with van der Waals surface area (Å²) in [5.41, 5.74) is 3.30. The molecule has 0 unspecified atom stereocenters. The molecule has 0 fully saturated rings. The molecule has 2 aromatic rings. The lowest BCUT2D eigenvalue weighted by atomic mass is 9.98. The van der Waals surface area contributed by atoms with Gasteiger partial charge in [-0.3, -0.25) is 4.98 Å². The molecule has 7 nitrogen and oxygen atoms in total. The third-order valence-corrected chi connectivity index (χ3v) is 3.62. The van der Waals surface area contributed by atoms with Gasteiger partial charge in [-0.05, 0) is 36.2 Å². The number of esters is 1. The van der Waals surface area contributed by atoms with Gasteiger partial charge in [0.1, 0.15) is 11.5 Å². The van der Waals surface area contributed by atoms with Gasteiger partial charge in [-0.1, -0.05) is 0 Å². The standard InChI is InChI=1S/C18H21NO6/c1-11-4-15(25-10-17(22)24-3)7-16(23-2)18(11)12-5-13(8-20)19-14(6-12)9-21/h4-7,20-21H,8-10H2,1-3H3. The number of methoxy groups -OCH3 is 2. The maximum Gasteiger partial charge on any atom is 0.343 e. The van der Waals surface area contributed by atoms with Crippen molar-refractivity contribution in [1.82, 2.24) is 4.98 Å². The van der Waals surface area contributed by atoms with Gasteiger partial charge in [-0.2, -0.15) is 0 Å². The molecule has 0 atom stereocenters. The lowest BCUT2D eigenvalue weighted by Crippen LogP contribution is -2.12. The second-order valence-electron chi connectivity index (χ2n) is 5.34. The first-order valence-corrected chi connectivity index (χ1v) is 7.62. The molecule has 25 heavy (non-hydrogen) atoms. The molecule has 1 aromatic carbocycles. The number of aliphatic hydroxyl groups excluding tert-OH is 2. The normalized spacial score (nSPS) is 10.4. The monoisotopic (exact) mass is 347 g/mol. The molecule has 7 heteroatoms. The van der Waals surface area contributed by atoms with E-state index in [0.717, 1.165) is 16.7 Å². The predicted molar refractivity (Wildman–Crippen MR) is 90.3 cm³/mol. The molecule has 1 heterocycles. The summed E-state index contributed by atoms with van der Waals surface area (Å²) in [7, 11) is 2.82. The van der Waals surface area contributed by atoms with Crippen molar-refractivity contribution in [2.75, 3.05) is 20.8 Å². The van der Waals surface area contributed by atoms with Crippen LogP contribution < -0.4 is 9.47 Å². The van der Waals surface area contributed by atoms with Crippen LogP contribution in [0.5, 0.6) is 11.5 Å². The van der Waals surface area contributed by atoms with Crippen LogP contribution in [0, 0.1) is 6.92 Å². The van der Waals surface area contributed by atoms with Gasteiger partial charge in [-0.25, -0.2) is 4.79 Å². The smallest absolute Gasteiger partial charge is 0.343 e. The molecular formula is C18H21NO6. The van der Waals surface area contributed by atoms with E-state index in [2.05, 4.69) is 9.72 Å². The van der Waals surface area contributed by atoms with Gasteiger partial charge >= 0.3 is 5.97 Å². The molecule has 134 valence electrons. The number of nitrogens with zero attached hydrogens (tertiary/aromatic N) is 1. The lowest BCUT2D eigenvalue weighted by Gasteiger charge is -2.16. The SMILES string of the molecule is COC(=O)COc1cc(C)c(-c2cc(CO)nc(CO)c2)c(OC)c1. The third kappa shape index (κ3) is 4.46. The number of ether oxygens (including phenoxy) is 3. The Morgan fingerprint density at radius 3 is 2.24 bits per heavy atom. The van der Waals surface area contributed by atoms with Crippen molar-refractivity contribution in [2.45, 2.75) is 20.1 Å². The van der Waals surface area contributed by atoms with Crippen molar-refractivity contribution in [3.05, 3.63) is 41.2 Å². The average Bonchev–Trinajstić information content (AvgIpc) is 2.64. The van der Waals surface area contributed by atoms with Crippen LogP contribution in [0.25, 0.3) is 11.1 Å². The van der Waals surface area contributed by atoms with Crippen molar-refractivity contribution in [3.63, 3.8) is 0 Å². The maximum atomic E-state index is 11.2. The van der Waals surface area contributed by atoms with E-state index in [1.54, 1.807) is 24.3 Å². The Balaban J connectivity index is 2.46. The van der Waals surface area contributed by atoms with Crippen LogP contribution >= 0.6 is 0 Å². The van der Waals surface area contributed by atoms with E-state index in [1.165, 1.54) is 14.2 Å². The summed E-state index contributed by atoms with van der Waals surface area (Å²) >= 11 is 0. The molecule has 2 N–H and O–H groups in total. The first kappa shape index (κ1) is 18.7. The van der Waals surface area contributed by atoms with Crippen molar-refractivity contribution in [1.29, 1.82) is 0 Å². The largest absolute Gasteiger partial charge is 0.496 e. The summed E-state index contributed by atoms with van der Waals surface area (Å²) in [6, 6.07) is 6.92. The number of aryl methyl sites for hydroxylation is 1. The Kier molecular flexibility index (Phi) is 6.32. The minimum atomic E-state index is -0.477. The summed E-state index contributed by atoms with van der Waals surface area (Å²) < 4.78 is 15.4. The number of rotatable bonds is 7. The van der Waals surface area contributed by atoms with Crippen LogP contribution in [-0.2, 0) is 22.7 Å². The second kappa shape index (κ2) is 8.46. The summed E-state index contributed by atoms with van der Waals surface area (Å²) in [6.45, 7) is 1.21. The molecule has 0 spiro atoms. The molecule has 0 amide bonds. The van der Waals surface area contributed by atoms with E-state index >= 15 is 0 Å². The topological polar surface area (TPSA) is 98.1 Å². The Bertz CT molecular complexity index is 737. The highest BCUT2D eigenvalue weighted by Crippen LogP contribution is 2.37. The summed E-state index contributed by atoms with van der Waals surface area (Å²) in [4.78, 5) is 15.4. The van der Waals surface area contributed by atoms with Crippen molar-refractivity contribution in [3.8, 4) is 22.6 Å². The minimum absolute atomic E-state index is 0.197. The molecule has 0 bridgehead atoms. The highest BCUT2D eigenvalue weighted by Gasteiger charge is 2.15. The van der Waals surface area contributed by atoms with E-state index in [1.807, 2.05) is 6.92 Å². The van der Waals surface area contributed by atoms with Gasteiger partial charge < -0.3 is 24.4 Å². The first-order valence-electron chi connectivity index (χ1n) is 7.62. The molecule has 0 radical (unpaired) electrons. The summed E-state index contributed by atoms with van der Waals surface area (Å²) in [6.07, 6.45) is 0. The highest BCUT2D eigenvalue weighted by molar-refractivity contribution is 5.76. The van der Waals surface area contributed by atoms with Gasteiger partial charge in [0.05, 0.1) is 38.8 Å². The van der Waals surface area contributed by atoms with Crippen LogP contribution in [0.15, 0.2) is 24.3 Å². The number of hydrogen-bond acceptors (Lipinski definition) is 7. The Morgan fingerprint density at radius 1 is 1.08 bits per heavy atom. The fourth-order valence-corrected chi connectivity index (χ4v) is 2.49. The van der Waals surface area contributed by atoms with Gasteiger partial charge in [0.25, 0.3) is 0 Å². The number of carbonyl (C=O) groups excluding carboxylic acids is 1. The van der Waals surface area contributed by atoms with Gasteiger partial charge in [0.15, 0.2) is 6.61 Å². The van der Waals surface area contributed by atoms with Crippen molar-refractivity contribution < 1.29 is 29.2 Å². The van der Waals surface area contributed by atoms with E-state index < -0.39 is 5.97 Å².